The highest BCUT2D eigenvalue weighted by Gasteiger charge is 2.19. The summed E-state index contributed by atoms with van der Waals surface area (Å²) in [6.07, 6.45) is 0. The second-order valence-corrected chi connectivity index (χ2v) is 7.81. The van der Waals surface area contributed by atoms with Gasteiger partial charge in [0.1, 0.15) is 10.0 Å². The molecule has 0 aliphatic rings. The van der Waals surface area contributed by atoms with Gasteiger partial charge in [-0.2, -0.15) is 0 Å². The number of aromatic nitrogens is 2. The third-order valence-corrected chi connectivity index (χ3v) is 5.95. The summed E-state index contributed by atoms with van der Waals surface area (Å²) in [5.74, 6) is 0.180. The molecule has 0 saturated heterocycles. The van der Waals surface area contributed by atoms with E-state index in [1.54, 1.807) is 19.9 Å². The summed E-state index contributed by atoms with van der Waals surface area (Å²) < 4.78 is 45.9. The highest BCUT2D eigenvalue weighted by molar-refractivity contribution is 7.94. The Hall–Kier alpha value is -2.26. The van der Waals surface area contributed by atoms with Gasteiger partial charge in [0.15, 0.2) is 0 Å². The van der Waals surface area contributed by atoms with Gasteiger partial charge in [-0.25, -0.2) is 12.8 Å². The SMILES string of the molecule is Cc1nnc(-c2ccc(S(=O)(=O)Nc3ccc(C)c(F)c3)s2)o1. The van der Waals surface area contributed by atoms with Crippen molar-refractivity contribution in [3.63, 3.8) is 0 Å². The standard InChI is InChI=1S/C14H12FN3O3S2/c1-8-3-4-10(7-11(8)15)18-23(19,20)13-6-5-12(22-13)14-17-16-9(2)21-14/h3-7,18H,1-2H3. The number of anilines is 1. The Bertz CT molecular complexity index is 963. The van der Waals surface area contributed by atoms with Gasteiger partial charge < -0.3 is 4.42 Å². The molecular weight excluding hydrogens is 341 g/mol. The van der Waals surface area contributed by atoms with Crippen molar-refractivity contribution < 1.29 is 17.2 Å². The maximum absolute atomic E-state index is 13.5. The van der Waals surface area contributed by atoms with Crippen molar-refractivity contribution in [2.45, 2.75) is 18.1 Å². The normalized spacial score (nSPS) is 11.6. The van der Waals surface area contributed by atoms with Crippen molar-refractivity contribution >= 4 is 27.0 Å². The molecule has 120 valence electrons. The molecule has 2 heterocycles. The number of halogens is 1. The van der Waals surface area contributed by atoms with Crippen LogP contribution in [0, 0.1) is 19.7 Å². The van der Waals surface area contributed by atoms with Crippen LogP contribution in [0.15, 0.2) is 39.0 Å². The molecule has 3 rings (SSSR count). The van der Waals surface area contributed by atoms with E-state index < -0.39 is 15.8 Å². The Morgan fingerprint density at radius 1 is 1.17 bits per heavy atom. The summed E-state index contributed by atoms with van der Waals surface area (Å²) in [4.78, 5) is 0.543. The van der Waals surface area contributed by atoms with Gasteiger partial charge in [0.2, 0.25) is 5.89 Å². The molecular formula is C14H12FN3O3S2. The largest absolute Gasteiger partial charge is 0.420 e. The fourth-order valence-electron chi connectivity index (χ4n) is 1.84. The number of rotatable bonds is 4. The zero-order valence-electron chi connectivity index (χ0n) is 12.2. The smallest absolute Gasteiger partial charge is 0.271 e. The van der Waals surface area contributed by atoms with Crippen molar-refractivity contribution in [2.75, 3.05) is 4.72 Å². The van der Waals surface area contributed by atoms with Gasteiger partial charge in [-0.15, -0.1) is 21.5 Å². The zero-order chi connectivity index (χ0) is 16.6. The molecule has 0 fully saturated rings. The minimum absolute atomic E-state index is 0.0735. The van der Waals surface area contributed by atoms with E-state index in [9.17, 15) is 12.8 Å². The monoisotopic (exact) mass is 353 g/mol. The maximum atomic E-state index is 13.5. The minimum Gasteiger partial charge on any atom is -0.420 e. The molecule has 0 atom stereocenters. The van der Waals surface area contributed by atoms with Gasteiger partial charge in [-0.05, 0) is 36.8 Å². The van der Waals surface area contributed by atoms with E-state index in [4.69, 9.17) is 4.42 Å². The summed E-state index contributed by atoms with van der Waals surface area (Å²) >= 11 is 0.992. The molecule has 0 radical (unpaired) electrons. The van der Waals surface area contributed by atoms with E-state index in [0.29, 0.717) is 16.3 Å². The molecule has 6 nitrogen and oxygen atoms in total. The van der Waals surface area contributed by atoms with E-state index in [1.807, 2.05) is 0 Å². The van der Waals surface area contributed by atoms with Crippen LogP contribution in [0.1, 0.15) is 11.5 Å². The first kappa shape index (κ1) is 15.6. The lowest BCUT2D eigenvalue weighted by atomic mass is 10.2. The van der Waals surface area contributed by atoms with E-state index in [0.717, 1.165) is 17.4 Å². The number of benzene rings is 1. The second kappa shape index (κ2) is 5.74. The van der Waals surface area contributed by atoms with Crippen molar-refractivity contribution in [3.8, 4) is 10.8 Å². The average Bonchev–Trinajstić information content (AvgIpc) is 3.11. The first-order valence-corrected chi connectivity index (χ1v) is 8.84. The lowest BCUT2D eigenvalue weighted by Gasteiger charge is -2.07. The van der Waals surface area contributed by atoms with Gasteiger partial charge in [0.05, 0.1) is 10.6 Å². The zero-order valence-corrected chi connectivity index (χ0v) is 13.8. The summed E-state index contributed by atoms with van der Waals surface area (Å²) in [7, 11) is -3.81. The van der Waals surface area contributed by atoms with Crippen LogP contribution < -0.4 is 4.72 Å². The lowest BCUT2D eigenvalue weighted by Crippen LogP contribution is -2.11. The summed E-state index contributed by atoms with van der Waals surface area (Å²) in [5.41, 5.74) is 0.606. The number of sulfonamides is 1. The van der Waals surface area contributed by atoms with Crippen LogP contribution in [0.5, 0.6) is 0 Å². The van der Waals surface area contributed by atoms with Crippen LogP contribution in [0.4, 0.5) is 10.1 Å². The summed E-state index contributed by atoms with van der Waals surface area (Å²) in [6.45, 7) is 3.25. The Labute approximate surface area is 136 Å². The van der Waals surface area contributed by atoms with E-state index in [-0.39, 0.29) is 15.8 Å². The molecule has 0 amide bonds. The van der Waals surface area contributed by atoms with Gasteiger partial charge in [-0.3, -0.25) is 4.72 Å². The number of nitrogens with zero attached hydrogens (tertiary/aromatic N) is 2. The van der Waals surface area contributed by atoms with Crippen LogP contribution in [0.2, 0.25) is 0 Å². The maximum Gasteiger partial charge on any atom is 0.271 e. The van der Waals surface area contributed by atoms with Crippen molar-refractivity contribution in [1.82, 2.24) is 10.2 Å². The predicted molar refractivity (Wildman–Crippen MR) is 84.3 cm³/mol. The number of hydrogen-bond donors (Lipinski definition) is 1. The Morgan fingerprint density at radius 2 is 1.96 bits per heavy atom. The molecule has 23 heavy (non-hydrogen) atoms. The minimum atomic E-state index is -3.81. The van der Waals surface area contributed by atoms with Crippen LogP contribution in [-0.2, 0) is 10.0 Å². The number of hydrogen-bond acceptors (Lipinski definition) is 6. The van der Waals surface area contributed by atoms with Crippen LogP contribution in [0.3, 0.4) is 0 Å². The van der Waals surface area contributed by atoms with E-state index in [2.05, 4.69) is 14.9 Å². The molecule has 0 aliphatic carbocycles. The highest BCUT2D eigenvalue weighted by atomic mass is 32.2. The van der Waals surface area contributed by atoms with Gasteiger partial charge in [0.25, 0.3) is 15.9 Å². The summed E-state index contributed by atoms with van der Waals surface area (Å²) in [6, 6.07) is 7.18. The molecule has 2 aromatic heterocycles. The number of nitrogens with one attached hydrogen (secondary N) is 1. The lowest BCUT2D eigenvalue weighted by molar-refractivity contribution is 0.534. The van der Waals surface area contributed by atoms with Gasteiger partial charge in [0, 0.05) is 6.92 Å². The summed E-state index contributed by atoms with van der Waals surface area (Å²) in [5, 5.41) is 7.55. The fourth-order valence-corrected chi connectivity index (χ4v) is 4.11. The van der Waals surface area contributed by atoms with Crippen LogP contribution in [-0.4, -0.2) is 18.6 Å². The molecule has 0 aliphatic heterocycles. The van der Waals surface area contributed by atoms with Crippen molar-refractivity contribution in [1.29, 1.82) is 0 Å². The average molecular weight is 353 g/mol. The Balaban J connectivity index is 1.88. The molecule has 0 bridgehead atoms. The van der Waals surface area contributed by atoms with Gasteiger partial charge >= 0.3 is 0 Å². The number of aryl methyl sites for hydroxylation is 2. The third kappa shape index (κ3) is 3.25. The first-order chi connectivity index (χ1) is 10.8. The predicted octanol–water partition coefficient (Wildman–Crippen LogP) is 3.35. The van der Waals surface area contributed by atoms with Gasteiger partial charge in [-0.1, -0.05) is 6.07 Å². The topological polar surface area (TPSA) is 85.1 Å². The quantitative estimate of drug-likeness (QED) is 0.777. The molecule has 9 heteroatoms. The van der Waals surface area contributed by atoms with Crippen LogP contribution >= 0.6 is 11.3 Å². The second-order valence-electron chi connectivity index (χ2n) is 4.81. The molecule has 0 saturated carbocycles. The molecule has 1 N–H and O–H groups in total. The van der Waals surface area contributed by atoms with E-state index in [1.165, 1.54) is 18.2 Å². The molecule has 0 spiro atoms. The van der Waals surface area contributed by atoms with Crippen molar-refractivity contribution in [2.24, 2.45) is 0 Å². The highest BCUT2D eigenvalue weighted by Crippen LogP contribution is 2.31. The molecule has 0 unspecified atom stereocenters. The third-order valence-electron chi connectivity index (χ3n) is 3.01. The van der Waals surface area contributed by atoms with E-state index >= 15 is 0 Å². The molecule has 1 aromatic carbocycles. The number of thiophene rings is 1. The Morgan fingerprint density at radius 3 is 2.61 bits per heavy atom. The van der Waals surface area contributed by atoms with Crippen molar-refractivity contribution in [3.05, 3.63) is 47.6 Å². The Kier molecular flexibility index (Phi) is 3.90. The van der Waals surface area contributed by atoms with Crippen LogP contribution in [0.25, 0.3) is 10.8 Å². The molecule has 3 aromatic rings. The first-order valence-electron chi connectivity index (χ1n) is 6.54. The fraction of sp³-hybridized carbons (Fsp3) is 0.143.